The zero-order valence-corrected chi connectivity index (χ0v) is 9.47. The molecule has 2 saturated heterocycles. The van der Waals surface area contributed by atoms with Crippen LogP contribution < -0.4 is 0 Å². The number of aromatic nitrogens is 1. The van der Waals surface area contributed by atoms with Crippen molar-refractivity contribution in [3.8, 4) is 0 Å². The standard InChI is InChI=1S/C13H17NO2/c1-8-4-5-14-7-11(8)13(15)10-6-9-2-3-12(10)16-9/h4-5,7,9-10,12-13,15H,2-3,6H2,1H3. The molecule has 2 fully saturated rings. The molecule has 1 aromatic heterocycles. The van der Waals surface area contributed by atoms with Gasteiger partial charge in [-0.3, -0.25) is 4.98 Å². The lowest BCUT2D eigenvalue weighted by molar-refractivity contribution is 0.0418. The predicted octanol–water partition coefficient (Wildman–Crippen LogP) is 1.99. The molecular formula is C13H17NO2. The molecule has 0 saturated carbocycles. The fourth-order valence-electron chi connectivity index (χ4n) is 3.03. The van der Waals surface area contributed by atoms with E-state index in [0.29, 0.717) is 6.10 Å². The summed E-state index contributed by atoms with van der Waals surface area (Å²) >= 11 is 0. The highest BCUT2D eigenvalue weighted by Gasteiger charge is 2.44. The zero-order valence-electron chi connectivity index (χ0n) is 9.47. The first kappa shape index (κ1) is 10.2. The number of pyridine rings is 1. The van der Waals surface area contributed by atoms with Gasteiger partial charge in [0.25, 0.3) is 0 Å². The van der Waals surface area contributed by atoms with Crippen molar-refractivity contribution in [2.24, 2.45) is 5.92 Å². The summed E-state index contributed by atoms with van der Waals surface area (Å²) in [5.74, 6) is 0.265. The summed E-state index contributed by atoms with van der Waals surface area (Å²) in [7, 11) is 0. The Bertz CT molecular complexity index is 393. The van der Waals surface area contributed by atoms with Crippen LogP contribution in [0.1, 0.15) is 36.5 Å². The van der Waals surface area contributed by atoms with Crippen LogP contribution in [0.4, 0.5) is 0 Å². The van der Waals surface area contributed by atoms with Gasteiger partial charge in [-0.25, -0.2) is 0 Å². The number of rotatable bonds is 2. The van der Waals surface area contributed by atoms with Crippen LogP contribution in [0.2, 0.25) is 0 Å². The van der Waals surface area contributed by atoms with E-state index in [0.717, 1.165) is 24.0 Å². The quantitative estimate of drug-likeness (QED) is 0.827. The third-order valence-corrected chi connectivity index (χ3v) is 3.96. The number of hydrogen-bond donors (Lipinski definition) is 1. The molecule has 0 amide bonds. The lowest BCUT2D eigenvalue weighted by atomic mass is 9.82. The van der Waals surface area contributed by atoms with Gasteiger partial charge in [-0.1, -0.05) is 0 Å². The smallest absolute Gasteiger partial charge is 0.0861 e. The molecule has 4 atom stereocenters. The predicted molar refractivity (Wildman–Crippen MR) is 59.9 cm³/mol. The maximum absolute atomic E-state index is 10.4. The Morgan fingerprint density at radius 1 is 1.50 bits per heavy atom. The number of ether oxygens (including phenoxy) is 1. The molecule has 2 bridgehead atoms. The van der Waals surface area contributed by atoms with Crippen molar-refractivity contribution >= 4 is 0 Å². The second-order valence-electron chi connectivity index (χ2n) is 4.95. The van der Waals surface area contributed by atoms with Gasteiger partial charge in [-0.15, -0.1) is 0 Å². The van der Waals surface area contributed by atoms with E-state index >= 15 is 0 Å². The molecule has 3 rings (SSSR count). The average molecular weight is 219 g/mol. The molecule has 3 heteroatoms. The van der Waals surface area contributed by atoms with Gasteiger partial charge in [0.1, 0.15) is 0 Å². The molecule has 0 radical (unpaired) electrons. The van der Waals surface area contributed by atoms with Crippen molar-refractivity contribution in [1.82, 2.24) is 4.98 Å². The largest absolute Gasteiger partial charge is 0.388 e. The minimum Gasteiger partial charge on any atom is -0.388 e. The van der Waals surface area contributed by atoms with Gasteiger partial charge < -0.3 is 9.84 Å². The summed E-state index contributed by atoms with van der Waals surface area (Å²) in [5.41, 5.74) is 2.08. The van der Waals surface area contributed by atoms with E-state index < -0.39 is 6.10 Å². The van der Waals surface area contributed by atoms with Gasteiger partial charge in [0.2, 0.25) is 0 Å². The first-order chi connectivity index (χ1) is 7.75. The maximum Gasteiger partial charge on any atom is 0.0861 e. The Morgan fingerprint density at radius 3 is 3.00 bits per heavy atom. The van der Waals surface area contributed by atoms with Gasteiger partial charge >= 0.3 is 0 Å². The Kier molecular flexibility index (Phi) is 2.45. The van der Waals surface area contributed by atoms with Crippen LogP contribution in [0.3, 0.4) is 0 Å². The highest BCUT2D eigenvalue weighted by molar-refractivity contribution is 5.25. The van der Waals surface area contributed by atoms with Crippen LogP contribution in [0, 0.1) is 12.8 Å². The van der Waals surface area contributed by atoms with Crippen molar-refractivity contribution in [2.75, 3.05) is 0 Å². The number of aliphatic hydroxyl groups excluding tert-OH is 1. The lowest BCUT2D eigenvalue weighted by Crippen LogP contribution is -2.24. The van der Waals surface area contributed by atoms with Crippen molar-refractivity contribution in [2.45, 2.75) is 44.5 Å². The van der Waals surface area contributed by atoms with E-state index in [4.69, 9.17) is 4.74 Å². The van der Waals surface area contributed by atoms with E-state index in [1.54, 1.807) is 12.4 Å². The van der Waals surface area contributed by atoms with E-state index in [-0.39, 0.29) is 12.0 Å². The Hall–Kier alpha value is -0.930. The summed E-state index contributed by atoms with van der Waals surface area (Å²) in [6, 6.07) is 1.95. The summed E-state index contributed by atoms with van der Waals surface area (Å²) in [6.45, 7) is 2.02. The first-order valence-electron chi connectivity index (χ1n) is 6.00. The van der Waals surface area contributed by atoms with Crippen molar-refractivity contribution < 1.29 is 9.84 Å². The van der Waals surface area contributed by atoms with Crippen LogP contribution in [0.5, 0.6) is 0 Å². The number of aryl methyl sites for hydroxylation is 1. The lowest BCUT2D eigenvalue weighted by Gasteiger charge is -2.25. The van der Waals surface area contributed by atoms with E-state index in [9.17, 15) is 5.11 Å². The normalized spacial score (nSPS) is 34.2. The molecule has 0 aliphatic carbocycles. The van der Waals surface area contributed by atoms with Crippen LogP contribution >= 0.6 is 0 Å². The third-order valence-electron chi connectivity index (χ3n) is 3.96. The average Bonchev–Trinajstić information content (AvgIpc) is 2.90. The second kappa shape index (κ2) is 3.82. The van der Waals surface area contributed by atoms with Crippen molar-refractivity contribution in [1.29, 1.82) is 0 Å². The molecule has 0 spiro atoms. The summed E-state index contributed by atoms with van der Waals surface area (Å²) in [4.78, 5) is 4.10. The highest BCUT2D eigenvalue weighted by Crippen LogP contribution is 2.44. The van der Waals surface area contributed by atoms with Gasteiger partial charge in [0, 0.05) is 23.9 Å². The molecule has 1 N–H and O–H groups in total. The van der Waals surface area contributed by atoms with Crippen LogP contribution in [-0.4, -0.2) is 22.3 Å². The van der Waals surface area contributed by atoms with E-state index in [2.05, 4.69) is 4.98 Å². The molecule has 1 aromatic rings. The van der Waals surface area contributed by atoms with Gasteiger partial charge in [0.05, 0.1) is 18.3 Å². The molecule has 3 heterocycles. The fourth-order valence-corrected chi connectivity index (χ4v) is 3.03. The fraction of sp³-hybridized carbons (Fsp3) is 0.615. The molecule has 0 aromatic carbocycles. The highest BCUT2D eigenvalue weighted by atomic mass is 16.5. The second-order valence-corrected chi connectivity index (χ2v) is 4.95. The minimum atomic E-state index is -0.413. The number of nitrogens with zero attached hydrogens (tertiary/aromatic N) is 1. The number of fused-ring (bicyclic) bond motifs is 2. The van der Waals surface area contributed by atoms with Gasteiger partial charge in [-0.05, 0) is 37.8 Å². The number of aliphatic hydroxyl groups is 1. The Balaban J connectivity index is 1.83. The molecule has 4 unspecified atom stereocenters. The Morgan fingerprint density at radius 2 is 2.38 bits per heavy atom. The molecule has 86 valence electrons. The van der Waals surface area contributed by atoms with Crippen LogP contribution in [-0.2, 0) is 4.74 Å². The van der Waals surface area contributed by atoms with Crippen molar-refractivity contribution in [3.05, 3.63) is 29.6 Å². The monoisotopic (exact) mass is 219 g/mol. The van der Waals surface area contributed by atoms with Crippen molar-refractivity contribution in [3.63, 3.8) is 0 Å². The number of hydrogen-bond acceptors (Lipinski definition) is 3. The SMILES string of the molecule is Cc1ccncc1C(O)C1CC2CCC1O2. The Labute approximate surface area is 95.5 Å². The zero-order chi connectivity index (χ0) is 11.1. The molecule has 2 aliphatic rings. The van der Waals surface area contributed by atoms with E-state index in [1.165, 1.54) is 6.42 Å². The van der Waals surface area contributed by atoms with Gasteiger partial charge in [0.15, 0.2) is 0 Å². The summed E-state index contributed by atoms with van der Waals surface area (Å²) in [5, 5.41) is 10.4. The van der Waals surface area contributed by atoms with Gasteiger partial charge in [-0.2, -0.15) is 0 Å². The topological polar surface area (TPSA) is 42.4 Å². The molecular weight excluding hydrogens is 202 g/mol. The summed E-state index contributed by atoms with van der Waals surface area (Å²) < 4.78 is 5.79. The first-order valence-corrected chi connectivity index (χ1v) is 6.00. The van der Waals surface area contributed by atoms with E-state index in [1.807, 2.05) is 13.0 Å². The summed E-state index contributed by atoms with van der Waals surface area (Å²) in [6.07, 6.45) is 7.06. The minimum absolute atomic E-state index is 0.264. The third kappa shape index (κ3) is 1.55. The molecule has 3 nitrogen and oxygen atoms in total. The van der Waals surface area contributed by atoms with Crippen LogP contribution in [0.15, 0.2) is 18.5 Å². The van der Waals surface area contributed by atoms with Crippen LogP contribution in [0.25, 0.3) is 0 Å². The molecule has 2 aliphatic heterocycles. The molecule has 16 heavy (non-hydrogen) atoms. The maximum atomic E-state index is 10.4.